The maximum atomic E-state index is 13.2. The second-order valence-corrected chi connectivity index (χ2v) is 8.27. The summed E-state index contributed by atoms with van der Waals surface area (Å²) in [6.07, 6.45) is -0.279. The summed E-state index contributed by atoms with van der Waals surface area (Å²) in [6, 6.07) is 13.2. The Labute approximate surface area is 163 Å². The molecule has 1 unspecified atom stereocenters. The molecule has 1 aromatic carbocycles. The number of benzene rings is 1. The second-order valence-electron chi connectivity index (χ2n) is 5.72. The molecule has 1 atom stereocenters. The molecule has 0 N–H and O–H groups in total. The van der Waals surface area contributed by atoms with E-state index < -0.39 is 6.10 Å². The Bertz CT molecular complexity index is 968. The summed E-state index contributed by atoms with van der Waals surface area (Å²) < 4.78 is 0.682. The summed E-state index contributed by atoms with van der Waals surface area (Å²) in [4.78, 5) is 25.7. The number of rotatable bonds is 4. The molecule has 2 aromatic heterocycles. The van der Waals surface area contributed by atoms with Crippen LogP contribution in [0.4, 0.5) is 10.8 Å². The first-order valence-electron chi connectivity index (χ1n) is 7.91. The van der Waals surface area contributed by atoms with E-state index in [0.29, 0.717) is 15.9 Å². The number of oxime groups is 1. The number of thiophene rings is 1. The minimum atomic E-state index is -0.685. The lowest BCUT2D eigenvalue weighted by Gasteiger charge is -2.22. The topological polar surface area (TPSA) is 54.8 Å². The van der Waals surface area contributed by atoms with Crippen molar-refractivity contribution in [3.8, 4) is 0 Å². The average Bonchev–Trinajstić information content (AvgIpc) is 3.37. The third kappa shape index (κ3) is 3.38. The van der Waals surface area contributed by atoms with Gasteiger partial charge in [-0.1, -0.05) is 35.0 Å². The fraction of sp³-hybridized carbons (Fsp3) is 0.167. The van der Waals surface area contributed by atoms with Crippen LogP contribution in [0.1, 0.15) is 17.0 Å². The highest BCUT2D eigenvalue weighted by Crippen LogP contribution is 2.32. The highest BCUT2D eigenvalue weighted by molar-refractivity contribution is 7.18. The first-order chi connectivity index (χ1) is 12.6. The zero-order chi connectivity index (χ0) is 18.1. The lowest BCUT2D eigenvalue weighted by Crippen LogP contribution is -2.36. The molecular weight excluding hydrogens is 390 g/mol. The number of aryl methyl sites for hydroxylation is 1. The Morgan fingerprint density at radius 1 is 1.27 bits per heavy atom. The number of carbonyl (C=O) groups is 1. The van der Waals surface area contributed by atoms with Crippen LogP contribution in [-0.2, 0) is 9.63 Å². The van der Waals surface area contributed by atoms with Crippen molar-refractivity contribution >= 4 is 56.7 Å². The summed E-state index contributed by atoms with van der Waals surface area (Å²) >= 11 is 8.84. The number of anilines is 2. The molecule has 5 nitrogen and oxygen atoms in total. The third-order valence-corrected chi connectivity index (χ3v) is 6.06. The van der Waals surface area contributed by atoms with Crippen LogP contribution in [0, 0.1) is 6.92 Å². The van der Waals surface area contributed by atoms with E-state index in [9.17, 15) is 4.79 Å². The van der Waals surface area contributed by atoms with Gasteiger partial charge in [-0.3, -0.25) is 9.69 Å². The van der Waals surface area contributed by atoms with E-state index in [1.54, 1.807) is 4.90 Å². The van der Waals surface area contributed by atoms with Crippen LogP contribution in [0.15, 0.2) is 53.0 Å². The lowest BCUT2D eigenvalue weighted by molar-refractivity contribution is -0.127. The number of amides is 1. The van der Waals surface area contributed by atoms with Gasteiger partial charge in [0.1, 0.15) is 5.71 Å². The van der Waals surface area contributed by atoms with Gasteiger partial charge in [0.05, 0.1) is 20.6 Å². The lowest BCUT2D eigenvalue weighted by atomic mass is 10.1. The van der Waals surface area contributed by atoms with Gasteiger partial charge in [0.25, 0.3) is 5.91 Å². The third-order valence-electron chi connectivity index (χ3n) is 3.83. The van der Waals surface area contributed by atoms with Gasteiger partial charge in [-0.25, -0.2) is 4.98 Å². The summed E-state index contributed by atoms with van der Waals surface area (Å²) in [6.45, 7) is 1.90. The number of carbonyl (C=O) groups excluding carboxylic acids is 1. The normalized spacial score (nSPS) is 16.2. The molecular formula is C18H14ClN3O2S2. The van der Waals surface area contributed by atoms with Gasteiger partial charge in [-0.15, -0.1) is 22.7 Å². The Hall–Kier alpha value is -2.22. The first kappa shape index (κ1) is 17.2. The van der Waals surface area contributed by atoms with Crippen LogP contribution in [0.2, 0.25) is 4.34 Å². The fourth-order valence-electron chi connectivity index (χ4n) is 2.62. The zero-order valence-corrected chi connectivity index (χ0v) is 16.1. The van der Waals surface area contributed by atoms with Crippen molar-refractivity contribution in [2.75, 3.05) is 4.90 Å². The van der Waals surface area contributed by atoms with Crippen LogP contribution in [0.5, 0.6) is 0 Å². The molecule has 1 amide bonds. The largest absolute Gasteiger partial charge is 0.382 e. The number of halogens is 1. The smallest absolute Gasteiger partial charge is 0.277 e. The number of thiazole rings is 1. The maximum Gasteiger partial charge on any atom is 0.277 e. The second kappa shape index (κ2) is 7.19. The summed E-state index contributed by atoms with van der Waals surface area (Å²) in [5, 5.41) is 6.64. The Morgan fingerprint density at radius 3 is 2.73 bits per heavy atom. The number of hydrogen-bond acceptors (Lipinski definition) is 6. The molecule has 0 bridgehead atoms. The first-order valence-corrected chi connectivity index (χ1v) is 9.99. The van der Waals surface area contributed by atoms with Gasteiger partial charge in [0.15, 0.2) is 5.13 Å². The minimum Gasteiger partial charge on any atom is -0.382 e. The summed E-state index contributed by atoms with van der Waals surface area (Å²) in [7, 11) is 0. The molecule has 4 rings (SSSR count). The average molecular weight is 404 g/mol. The molecule has 0 spiro atoms. The van der Waals surface area contributed by atoms with Gasteiger partial charge in [0.2, 0.25) is 6.10 Å². The highest BCUT2D eigenvalue weighted by Gasteiger charge is 2.35. The molecule has 1 aliphatic rings. The van der Waals surface area contributed by atoms with Crippen molar-refractivity contribution in [1.82, 2.24) is 4.98 Å². The minimum absolute atomic E-state index is 0.188. The van der Waals surface area contributed by atoms with E-state index in [2.05, 4.69) is 10.1 Å². The van der Waals surface area contributed by atoms with Gasteiger partial charge in [-0.05, 0) is 31.2 Å². The predicted molar refractivity (Wildman–Crippen MR) is 106 cm³/mol. The van der Waals surface area contributed by atoms with Crippen molar-refractivity contribution in [3.63, 3.8) is 0 Å². The quantitative estimate of drug-likeness (QED) is 0.614. The molecule has 8 heteroatoms. The summed E-state index contributed by atoms with van der Waals surface area (Å²) in [5.41, 5.74) is 2.36. The van der Waals surface area contributed by atoms with E-state index in [-0.39, 0.29) is 5.91 Å². The number of aromatic nitrogens is 1. The van der Waals surface area contributed by atoms with Gasteiger partial charge in [0, 0.05) is 11.8 Å². The monoisotopic (exact) mass is 403 g/mol. The van der Waals surface area contributed by atoms with E-state index in [4.69, 9.17) is 16.4 Å². The number of para-hydroxylation sites is 1. The van der Waals surface area contributed by atoms with Crippen molar-refractivity contribution in [2.45, 2.75) is 19.4 Å². The van der Waals surface area contributed by atoms with Gasteiger partial charge >= 0.3 is 0 Å². The Kier molecular flexibility index (Phi) is 4.76. The van der Waals surface area contributed by atoms with Crippen LogP contribution < -0.4 is 4.90 Å². The molecule has 0 radical (unpaired) electrons. The van der Waals surface area contributed by atoms with Crippen LogP contribution in [0.25, 0.3) is 0 Å². The van der Waals surface area contributed by atoms with E-state index in [1.165, 1.54) is 22.7 Å². The van der Waals surface area contributed by atoms with Crippen molar-refractivity contribution in [2.24, 2.45) is 5.16 Å². The van der Waals surface area contributed by atoms with Gasteiger partial charge in [-0.2, -0.15) is 0 Å². The van der Waals surface area contributed by atoms with E-state index in [1.807, 2.05) is 54.8 Å². The van der Waals surface area contributed by atoms with Crippen molar-refractivity contribution in [1.29, 1.82) is 0 Å². The van der Waals surface area contributed by atoms with Gasteiger partial charge < -0.3 is 4.84 Å². The maximum absolute atomic E-state index is 13.2. The van der Waals surface area contributed by atoms with Crippen LogP contribution in [-0.4, -0.2) is 22.7 Å². The van der Waals surface area contributed by atoms with Crippen LogP contribution >= 0.6 is 34.3 Å². The molecule has 132 valence electrons. The molecule has 0 fully saturated rings. The number of hydrogen-bond donors (Lipinski definition) is 0. The highest BCUT2D eigenvalue weighted by atomic mass is 35.5. The fourth-order valence-corrected chi connectivity index (χ4v) is 4.48. The van der Waals surface area contributed by atoms with Crippen LogP contribution in [0.3, 0.4) is 0 Å². The molecule has 0 saturated carbocycles. The molecule has 0 saturated heterocycles. The predicted octanol–water partition coefficient (Wildman–Crippen LogP) is 5.02. The van der Waals surface area contributed by atoms with Crippen molar-refractivity contribution in [3.05, 3.63) is 62.8 Å². The number of nitrogens with zero attached hydrogens (tertiary/aromatic N) is 3. The molecule has 0 aliphatic carbocycles. The Morgan fingerprint density at radius 2 is 2.08 bits per heavy atom. The summed E-state index contributed by atoms with van der Waals surface area (Å²) in [5.74, 6) is -0.188. The SMILES string of the molecule is Cc1csc(N(C(=O)C2CC(c3ccc(Cl)s3)=NO2)c2ccccc2)n1. The zero-order valence-electron chi connectivity index (χ0n) is 13.8. The van der Waals surface area contributed by atoms with E-state index >= 15 is 0 Å². The molecule has 3 aromatic rings. The van der Waals surface area contributed by atoms with E-state index in [0.717, 1.165) is 22.0 Å². The molecule has 3 heterocycles. The van der Waals surface area contributed by atoms with Crippen molar-refractivity contribution < 1.29 is 9.63 Å². The molecule has 26 heavy (non-hydrogen) atoms. The Balaban J connectivity index is 1.60. The molecule has 1 aliphatic heterocycles. The standard InChI is InChI=1S/C18H14ClN3O2S2/c1-11-10-25-18(20-11)22(12-5-3-2-4-6-12)17(23)14-9-13(21-24-14)15-7-8-16(19)26-15/h2-8,10,14H,9H2,1H3.